The predicted octanol–water partition coefficient (Wildman–Crippen LogP) is 5.36. The number of anilines is 2. The summed E-state index contributed by atoms with van der Waals surface area (Å²) in [7, 11) is 0. The zero-order chi connectivity index (χ0) is 25.2. The van der Waals surface area contributed by atoms with E-state index in [1.54, 1.807) is 6.07 Å². The predicted molar refractivity (Wildman–Crippen MR) is 136 cm³/mol. The molecule has 0 aliphatic carbocycles. The van der Waals surface area contributed by atoms with E-state index in [0.29, 0.717) is 28.9 Å². The SMILES string of the molecule is CCC(C)(N)c1ccc(N/C(=C2\C(=O)Nc3cc(F)ccc32)c2ccc(CCC(=O)O)cc2)cc1. The second-order valence-corrected chi connectivity index (χ2v) is 8.96. The van der Waals surface area contributed by atoms with Crippen molar-refractivity contribution in [3.05, 3.63) is 94.8 Å². The number of hydrogen-bond acceptors (Lipinski definition) is 4. The molecule has 3 aromatic rings. The molecule has 1 amide bonds. The number of rotatable bonds is 8. The van der Waals surface area contributed by atoms with Crippen LogP contribution < -0.4 is 16.4 Å². The van der Waals surface area contributed by atoms with E-state index >= 15 is 0 Å². The highest BCUT2D eigenvalue weighted by molar-refractivity contribution is 6.37. The Labute approximate surface area is 203 Å². The van der Waals surface area contributed by atoms with Crippen LogP contribution in [-0.4, -0.2) is 17.0 Å². The number of amides is 1. The van der Waals surface area contributed by atoms with E-state index in [1.165, 1.54) is 12.1 Å². The normalized spacial score (nSPS) is 15.7. The van der Waals surface area contributed by atoms with Crippen molar-refractivity contribution in [1.82, 2.24) is 0 Å². The van der Waals surface area contributed by atoms with E-state index in [0.717, 1.165) is 28.8 Å². The first-order valence-electron chi connectivity index (χ1n) is 11.5. The van der Waals surface area contributed by atoms with Gasteiger partial charge in [-0.3, -0.25) is 9.59 Å². The molecule has 0 aromatic heterocycles. The van der Waals surface area contributed by atoms with Crippen molar-refractivity contribution in [2.24, 2.45) is 5.73 Å². The van der Waals surface area contributed by atoms with Crippen molar-refractivity contribution in [1.29, 1.82) is 0 Å². The Balaban J connectivity index is 1.76. The van der Waals surface area contributed by atoms with E-state index in [4.69, 9.17) is 10.8 Å². The summed E-state index contributed by atoms with van der Waals surface area (Å²) >= 11 is 0. The number of nitrogens with one attached hydrogen (secondary N) is 2. The molecular weight excluding hydrogens is 445 g/mol. The molecule has 0 saturated carbocycles. The molecule has 3 aromatic carbocycles. The number of aliphatic carboxylic acids is 1. The van der Waals surface area contributed by atoms with Crippen LogP contribution in [0.1, 0.15) is 48.9 Å². The molecule has 6 nitrogen and oxygen atoms in total. The first-order valence-corrected chi connectivity index (χ1v) is 11.5. The lowest BCUT2D eigenvalue weighted by molar-refractivity contribution is -0.137. The Bertz CT molecular complexity index is 1300. The van der Waals surface area contributed by atoms with Crippen molar-refractivity contribution < 1.29 is 19.1 Å². The highest BCUT2D eigenvalue weighted by atomic mass is 19.1. The van der Waals surface area contributed by atoms with Gasteiger partial charge in [0.05, 0.1) is 17.0 Å². The lowest BCUT2D eigenvalue weighted by Gasteiger charge is -2.24. The highest BCUT2D eigenvalue weighted by Crippen LogP contribution is 2.38. The number of nitrogens with two attached hydrogens (primary N) is 1. The van der Waals surface area contributed by atoms with Crippen LogP contribution in [0.15, 0.2) is 66.7 Å². The molecule has 0 spiro atoms. The van der Waals surface area contributed by atoms with Crippen LogP contribution in [0.2, 0.25) is 0 Å². The minimum atomic E-state index is -0.856. The Morgan fingerprint density at radius 2 is 1.77 bits per heavy atom. The lowest BCUT2D eigenvalue weighted by atomic mass is 9.90. The summed E-state index contributed by atoms with van der Waals surface area (Å²) in [5, 5.41) is 15.1. The monoisotopic (exact) mass is 473 g/mol. The minimum absolute atomic E-state index is 0.0387. The molecule has 1 heterocycles. The maximum absolute atomic E-state index is 13.8. The van der Waals surface area contributed by atoms with Crippen LogP contribution in [-0.2, 0) is 21.5 Å². The molecule has 1 unspecified atom stereocenters. The molecule has 1 aliphatic rings. The van der Waals surface area contributed by atoms with Crippen molar-refractivity contribution in [3.8, 4) is 0 Å². The average molecular weight is 474 g/mol. The van der Waals surface area contributed by atoms with Crippen LogP contribution >= 0.6 is 0 Å². The standard InChI is InChI=1S/C28H28FN3O3/c1-3-28(2,30)19-9-12-21(13-10-19)31-26(18-7-4-17(5-8-18)6-15-24(33)34)25-22-14-11-20(29)16-23(22)32-27(25)35/h4-5,7-14,16,31H,3,6,15,30H2,1-2H3,(H,32,35)(H,33,34)/b26-25-. The number of carboxylic acids is 1. The Kier molecular flexibility index (Phi) is 6.71. The Morgan fingerprint density at radius 3 is 2.40 bits per heavy atom. The van der Waals surface area contributed by atoms with E-state index in [2.05, 4.69) is 10.6 Å². The Morgan fingerprint density at radius 1 is 1.09 bits per heavy atom. The third-order valence-electron chi connectivity index (χ3n) is 6.39. The fraction of sp³-hybridized carbons (Fsp3) is 0.214. The number of carboxylic acid groups (broad SMARTS) is 1. The van der Waals surface area contributed by atoms with Crippen LogP contribution in [0, 0.1) is 5.82 Å². The van der Waals surface area contributed by atoms with Gasteiger partial charge in [-0.2, -0.15) is 0 Å². The number of carbonyl (C=O) groups excluding carboxylic acids is 1. The molecule has 1 aliphatic heterocycles. The van der Waals surface area contributed by atoms with Crippen molar-refractivity contribution in [2.75, 3.05) is 10.6 Å². The largest absolute Gasteiger partial charge is 0.481 e. The molecule has 0 fully saturated rings. The lowest BCUT2D eigenvalue weighted by Crippen LogP contribution is -2.31. The zero-order valence-corrected chi connectivity index (χ0v) is 19.7. The number of benzene rings is 3. The summed E-state index contributed by atoms with van der Waals surface area (Å²) in [6.45, 7) is 4.02. The minimum Gasteiger partial charge on any atom is -0.481 e. The van der Waals surface area contributed by atoms with Crippen LogP contribution in [0.5, 0.6) is 0 Å². The van der Waals surface area contributed by atoms with Crippen molar-refractivity contribution in [3.63, 3.8) is 0 Å². The number of fused-ring (bicyclic) bond motifs is 1. The van der Waals surface area contributed by atoms with Gasteiger partial charge < -0.3 is 21.5 Å². The third kappa shape index (κ3) is 5.25. The molecule has 7 heteroatoms. The van der Waals surface area contributed by atoms with E-state index < -0.39 is 17.3 Å². The fourth-order valence-corrected chi connectivity index (χ4v) is 4.04. The summed E-state index contributed by atoms with van der Waals surface area (Å²) in [4.78, 5) is 23.9. The van der Waals surface area contributed by atoms with Gasteiger partial charge in [-0.25, -0.2) is 4.39 Å². The Hall–Kier alpha value is -3.97. The molecule has 180 valence electrons. The van der Waals surface area contributed by atoms with Gasteiger partial charge >= 0.3 is 5.97 Å². The van der Waals surface area contributed by atoms with Crippen molar-refractivity contribution >= 4 is 34.5 Å². The number of hydrogen-bond donors (Lipinski definition) is 4. The van der Waals surface area contributed by atoms with Gasteiger partial charge in [-0.1, -0.05) is 43.3 Å². The molecule has 4 rings (SSSR count). The average Bonchev–Trinajstić information content (AvgIpc) is 3.16. The zero-order valence-electron chi connectivity index (χ0n) is 19.7. The smallest absolute Gasteiger partial charge is 0.303 e. The number of aryl methyl sites for hydroxylation is 1. The summed E-state index contributed by atoms with van der Waals surface area (Å²) in [6, 6.07) is 19.4. The maximum Gasteiger partial charge on any atom is 0.303 e. The summed E-state index contributed by atoms with van der Waals surface area (Å²) in [5.74, 6) is -1.62. The van der Waals surface area contributed by atoms with E-state index in [1.807, 2.05) is 62.4 Å². The second kappa shape index (κ2) is 9.72. The first kappa shape index (κ1) is 24.2. The topological polar surface area (TPSA) is 104 Å². The van der Waals surface area contributed by atoms with Crippen LogP contribution in [0.4, 0.5) is 15.8 Å². The van der Waals surface area contributed by atoms with Gasteiger partial charge in [0, 0.05) is 23.2 Å². The van der Waals surface area contributed by atoms with Gasteiger partial charge in [-0.05, 0) is 66.8 Å². The van der Waals surface area contributed by atoms with E-state index in [-0.39, 0.29) is 12.3 Å². The molecule has 0 saturated heterocycles. The van der Waals surface area contributed by atoms with Gasteiger partial charge in [0.25, 0.3) is 5.91 Å². The highest BCUT2D eigenvalue weighted by Gasteiger charge is 2.29. The quantitative estimate of drug-likeness (QED) is 0.330. The molecule has 0 radical (unpaired) electrons. The van der Waals surface area contributed by atoms with E-state index in [9.17, 15) is 14.0 Å². The number of halogens is 1. The van der Waals surface area contributed by atoms with Gasteiger partial charge in [0.2, 0.25) is 0 Å². The van der Waals surface area contributed by atoms with Crippen LogP contribution in [0.3, 0.4) is 0 Å². The molecule has 0 bridgehead atoms. The van der Waals surface area contributed by atoms with Crippen molar-refractivity contribution in [2.45, 2.75) is 38.6 Å². The maximum atomic E-state index is 13.8. The van der Waals surface area contributed by atoms with Gasteiger partial charge in [0.1, 0.15) is 5.82 Å². The molecule has 35 heavy (non-hydrogen) atoms. The fourth-order valence-electron chi connectivity index (χ4n) is 4.04. The van der Waals surface area contributed by atoms with Crippen LogP contribution in [0.25, 0.3) is 11.3 Å². The van der Waals surface area contributed by atoms with Gasteiger partial charge in [0.15, 0.2) is 0 Å². The summed E-state index contributed by atoms with van der Waals surface area (Å²) in [5.41, 5.74) is 11.3. The molecule has 1 atom stereocenters. The second-order valence-electron chi connectivity index (χ2n) is 8.96. The third-order valence-corrected chi connectivity index (χ3v) is 6.39. The molecular formula is C28H28FN3O3. The van der Waals surface area contributed by atoms with Gasteiger partial charge in [-0.15, -0.1) is 0 Å². The number of carbonyl (C=O) groups is 2. The first-order chi connectivity index (χ1) is 16.7. The summed E-state index contributed by atoms with van der Waals surface area (Å²) in [6.07, 6.45) is 1.24. The summed E-state index contributed by atoms with van der Waals surface area (Å²) < 4.78 is 13.8. The molecule has 5 N–H and O–H groups in total.